The van der Waals surface area contributed by atoms with Crippen molar-refractivity contribution in [2.45, 2.75) is 33.1 Å². The monoisotopic (exact) mass is 578 g/mol. The highest BCUT2D eigenvalue weighted by molar-refractivity contribution is 8.15. The minimum absolute atomic E-state index is 0.0259. The van der Waals surface area contributed by atoms with Crippen molar-refractivity contribution in [2.24, 2.45) is 10.2 Å². The number of ether oxygens (including phenoxy) is 1. The van der Waals surface area contributed by atoms with Crippen molar-refractivity contribution in [3.8, 4) is 22.8 Å². The Kier molecular flexibility index (Phi) is 7.93. The van der Waals surface area contributed by atoms with E-state index in [0.717, 1.165) is 27.9 Å². The fraction of sp³-hybridized carbons (Fsp3) is 0.207. The molecule has 12 heteroatoms. The normalized spacial score (nSPS) is 15.0. The molecule has 1 aliphatic rings. The van der Waals surface area contributed by atoms with Gasteiger partial charge in [0.15, 0.2) is 11.0 Å². The third-order valence-corrected chi connectivity index (χ3v) is 7.14. The first kappa shape index (κ1) is 28.1. The molecular formula is C29H25F3N6O2S. The summed E-state index contributed by atoms with van der Waals surface area (Å²) in [5.41, 5.74) is 5.02. The lowest BCUT2D eigenvalue weighted by atomic mass is 9.97. The summed E-state index contributed by atoms with van der Waals surface area (Å²) in [6.07, 6.45) is -1.67. The van der Waals surface area contributed by atoms with Crippen molar-refractivity contribution in [1.82, 2.24) is 14.8 Å². The zero-order valence-corrected chi connectivity index (χ0v) is 23.1. The zero-order valence-electron chi connectivity index (χ0n) is 22.3. The fourth-order valence-corrected chi connectivity index (χ4v) is 5.10. The topological polar surface area (TPSA) is 85.0 Å². The van der Waals surface area contributed by atoms with Crippen LogP contribution in [0.5, 0.6) is 5.75 Å². The molecule has 1 aliphatic heterocycles. The first-order valence-corrected chi connectivity index (χ1v) is 13.6. The molecule has 0 aliphatic carbocycles. The highest BCUT2D eigenvalue weighted by atomic mass is 32.2. The van der Waals surface area contributed by atoms with Gasteiger partial charge in [-0.05, 0) is 53.8 Å². The smallest absolute Gasteiger partial charge is 0.406 e. The SMILES string of the molecule is Cc1cccc(C(C)C)c1N1C(=O)CS/C1=N\N=C\c1ccc(-c2ncn(-c3ccc(OC(F)(F)F)cc3)n2)cc1. The molecule has 210 valence electrons. The van der Waals surface area contributed by atoms with Gasteiger partial charge in [-0.3, -0.25) is 9.69 Å². The highest BCUT2D eigenvalue weighted by Gasteiger charge is 2.33. The molecule has 0 saturated carbocycles. The number of nitrogens with zero attached hydrogens (tertiary/aromatic N) is 6. The van der Waals surface area contributed by atoms with Crippen LogP contribution in [0.4, 0.5) is 18.9 Å². The van der Waals surface area contributed by atoms with Crippen molar-refractivity contribution in [2.75, 3.05) is 10.7 Å². The van der Waals surface area contributed by atoms with Gasteiger partial charge in [-0.15, -0.1) is 23.4 Å². The number of alkyl halides is 3. The number of carbonyl (C=O) groups excluding carboxylic acids is 1. The number of thioether (sulfide) groups is 1. The van der Waals surface area contributed by atoms with Gasteiger partial charge in [-0.25, -0.2) is 9.67 Å². The van der Waals surface area contributed by atoms with E-state index in [9.17, 15) is 18.0 Å². The number of halogens is 3. The quantitative estimate of drug-likeness (QED) is 0.179. The largest absolute Gasteiger partial charge is 0.573 e. The fourth-order valence-electron chi connectivity index (χ4n) is 4.29. The van der Waals surface area contributed by atoms with Crippen LogP contribution in [0.3, 0.4) is 0 Å². The molecule has 8 nitrogen and oxygen atoms in total. The van der Waals surface area contributed by atoms with Gasteiger partial charge in [0, 0.05) is 5.56 Å². The van der Waals surface area contributed by atoms with Crippen LogP contribution in [0.15, 0.2) is 83.3 Å². The minimum atomic E-state index is -4.75. The Morgan fingerprint density at radius 1 is 1.05 bits per heavy atom. The molecule has 0 spiro atoms. The number of benzene rings is 3. The number of aryl methyl sites for hydroxylation is 1. The molecule has 1 fully saturated rings. The molecule has 1 amide bonds. The van der Waals surface area contributed by atoms with Gasteiger partial charge in [0.1, 0.15) is 12.1 Å². The summed E-state index contributed by atoms with van der Waals surface area (Å²) in [6.45, 7) is 6.18. The molecule has 0 N–H and O–H groups in total. The number of para-hydroxylation sites is 1. The summed E-state index contributed by atoms with van der Waals surface area (Å²) in [7, 11) is 0. The van der Waals surface area contributed by atoms with Crippen LogP contribution in [0.1, 0.15) is 36.5 Å². The van der Waals surface area contributed by atoms with Gasteiger partial charge in [0.05, 0.1) is 23.3 Å². The number of carbonyl (C=O) groups is 1. The lowest BCUT2D eigenvalue weighted by Gasteiger charge is -2.23. The van der Waals surface area contributed by atoms with E-state index < -0.39 is 6.36 Å². The molecule has 2 heterocycles. The number of aromatic nitrogens is 3. The Labute approximate surface area is 238 Å². The van der Waals surface area contributed by atoms with Gasteiger partial charge in [-0.1, -0.05) is 68.1 Å². The van der Waals surface area contributed by atoms with E-state index in [1.54, 1.807) is 11.1 Å². The second kappa shape index (κ2) is 11.6. The Morgan fingerprint density at radius 2 is 1.78 bits per heavy atom. The molecule has 5 rings (SSSR count). The van der Waals surface area contributed by atoms with E-state index in [2.05, 4.69) is 38.9 Å². The van der Waals surface area contributed by atoms with E-state index in [1.165, 1.54) is 47.0 Å². The third-order valence-electron chi connectivity index (χ3n) is 6.23. The minimum Gasteiger partial charge on any atom is -0.406 e. The van der Waals surface area contributed by atoms with Crippen LogP contribution >= 0.6 is 11.8 Å². The summed E-state index contributed by atoms with van der Waals surface area (Å²) < 4.78 is 42.5. The Morgan fingerprint density at radius 3 is 2.46 bits per heavy atom. The maximum Gasteiger partial charge on any atom is 0.573 e. The second-order valence-electron chi connectivity index (χ2n) is 9.49. The number of rotatable bonds is 7. The van der Waals surface area contributed by atoms with Gasteiger partial charge in [-0.2, -0.15) is 5.10 Å². The molecule has 41 heavy (non-hydrogen) atoms. The van der Waals surface area contributed by atoms with Gasteiger partial charge in [0.25, 0.3) is 0 Å². The predicted molar refractivity (Wildman–Crippen MR) is 154 cm³/mol. The summed E-state index contributed by atoms with van der Waals surface area (Å²) in [6, 6.07) is 18.7. The molecule has 4 aromatic rings. The molecule has 0 atom stereocenters. The van der Waals surface area contributed by atoms with Crippen LogP contribution in [0, 0.1) is 6.92 Å². The lowest BCUT2D eigenvalue weighted by Crippen LogP contribution is -2.31. The first-order valence-electron chi connectivity index (χ1n) is 12.6. The van der Waals surface area contributed by atoms with E-state index in [-0.39, 0.29) is 17.6 Å². The molecule has 0 radical (unpaired) electrons. The molecule has 1 aromatic heterocycles. The Bertz CT molecular complexity index is 1610. The van der Waals surface area contributed by atoms with Crippen LogP contribution in [-0.4, -0.2) is 44.2 Å². The average Bonchev–Trinajstić information content (AvgIpc) is 3.56. The zero-order chi connectivity index (χ0) is 29.1. The van der Waals surface area contributed by atoms with Crippen molar-refractivity contribution >= 4 is 34.7 Å². The van der Waals surface area contributed by atoms with Gasteiger partial charge in [0.2, 0.25) is 5.91 Å². The number of hydrogen-bond acceptors (Lipinski definition) is 7. The summed E-state index contributed by atoms with van der Waals surface area (Å²) in [4.78, 5) is 18.8. The maximum absolute atomic E-state index is 12.8. The van der Waals surface area contributed by atoms with Crippen LogP contribution in [0.25, 0.3) is 17.1 Å². The van der Waals surface area contributed by atoms with Crippen molar-refractivity contribution in [3.63, 3.8) is 0 Å². The number of anilines is 1. The van der Waals surface area contributed by atoms with Gasteiger partial charge >= 0.3 is 6.36 Å². The van der Waals surface area contributed by atoms with Crippen molar-refractivity contribution < 1.29 is 22.7 Å². The molecule has 0 unspecified atom stereocenters. The Balaban J connectivity index is 1.29. The molecule has 0 bridgehead atoms. The van der Waals surface area contributed by atoms with E-state index in [1.807, 2.05) is 49.4 Å². The lowest BCUT2D eigenvalue weighted by molar-refractivity contribution is -0.274. The van der Waals surface area contributed by atoms with Crippen molar-refractivity contribution in [3.05, 3.63) is 89.7 Å². The van der Waals surface area contributed by atoms with Gasteiger partial charge < -0.3 is 4.74 Å². The standard InChI is InChI=1S/C29H25F3N6O2S/c1-18(2)24-6-4-5-19(3)26(24)38-25(39)16-41-28(38)35-34-15-20-7-9-21(10-8-20)27-33-17-37(36-27)22-11-13-23(14-12-22)40-29(30,31)32/h4-15,17-18H,16H2,1-3H3/b34-15+,35-28-. The highest BCUT2D eigenvalue weighted by Crippen LogP contribution is 2.36. The van der Waals surface area contributed by atoms with Crippen LogP contribution in [0.2, 0.25) is 0 Å². The summed E-state index contributed by atoms with van der Waals surface area (Å²) in [5.74, 6) is 0.651. The molecule has 3 aromatic carbocycles. The van der Waals surface area contributed by atoms with Crippen LogP contribution in [-0.2, 0) is 4.79 Å². The predicted octanol–water partition coefficient (Wildman–Crippen LogP) is 6.73. The van der Waals surface area contributed by atoms with E-state index >= 15 is 0 Å². The maximum atomic E-state index is 12.8. The Hall–Kier alpha value is -4.45. The average molecular weight is 579 g/mol. The first-order chi connectivity index (χ1) is 19.6. The summed E-state index contributed by atoms with van der Waals surface area (Å²) >= 11 is 1.36. The second-order valence-corrected chi connectivity index (χ2v) is 10.4. The summed E-state index contributed by atoms with van der Waals surface area (Å²) in [5, 5.41) is 13.6. The van der Waals surface area contributed by atoms with E-state index in [4.69, 9.17) is 0 Å². The number of hydrogen-bond donors (Lipinski definition) is 0. The van der Waals surface area contributed by atoms with Crippen LogP contribution < -0.4 is 9.64 Å². The van der Waals surface area contributed by atoms with Crippen molar-refractivity contribution in [1.29, 1.82) is 0 Å². The van der Waals surface area contributed by atoms with E-state index in [0.29, 0.717) is 22.4 Å². The number of amides is 1. The third kappa shape index (κ3) is 6.49. The molecule has 1 saturated heterocycles. The molecular weight excluding hydrogens is 553 g/mol. The number of amidine groups is 1.